The summed E-state index contributed by atoms with van der Waals surface area (Å²) in [6, 6.07) is 6.92. The van der Waals surface area contributed by atoms with Gasteiger partial charge in [0, 0.05) is 43.4 Å². The lowest BCUT2D eigenvalue weighted by molar-refractivity contribution is -0.143. The second-order valence-electron chi connectivity index (χ2n) is 9.42. The fourth-order valence-electron chi connectivity index (χ4n) is 4.60. The monoisotopic (exact) mass is 474 g/mol. The van der Waals surface area contributed by atoms with Crippen molar-refractivity contribution in [1.29, 1.82) is 0 Å². The lowest BCUT2D eigenvalue weighted by Crippen LogP contribution is -2.29. The SMILES string of the molecule is CCOC(=O)Cn1c(C)c(Cc2ccccc2S(=O)(=O)N(C)CC)c2c1CC(C)(C)CC2=O. The maximum Gasteiger partial charge on any atom is 0.325 e. The molecule has 3 rings (SSSR count). The lowest BCUT2D eigenvalue weighted by atomic mass is 9.75. The minimum absolute atomic E-state index is 0.0316. The Hall–Kier alpha value is -2.45. The predicted octanol–water partition coefficient (Wildman–Crippen LogP) is 3.75. The van der Waals surface area contributed by atoms with Crippen LogP contribution in [0.1, 0.15) is 67.0 Å². The van der Waals surface area contributed by atoms with Crippen molar-refractivity contribution in [3.8, 4) is 0 Å². The van der Waals surface area contributed by atoms with Gasteiger partial charge in [-0.2, -0.15) is 0 Å². The molecule has 1 aliphatic rings. The van der Waals surface area contributed by atoms with Crippen LogP contribution in [0, 0.1) is 12.3 Å². The number of benzene rings is 1. The van der Waals surface area contributed by atoms with E-state index in [0.29, 0.717) is 36.9 Å². The van der Waals surface area contributed by atoms with Crippen molar-refractivity contribution in [3.05, 3.63) is 52.3 Å². The molecule has 0 fully saturated rings. The van der Waals surface area contributed by atoms with Crippen molar-refractivity contribution < 1.29 is 22.7 Å². The number of ether oxygens (including phenoxy) is 1. The molecule has 180 valence electrons. The first-order valence-corrected chi connectivity index (χ1v) is 12.8. The summed E-state index contributed by atoms with van der Waals surface area (Å²) in [4.78, 5) is 25.9. The average molecular weight is 475 g/mol. The summed E-state index contributed by atoms with van der Waals surface area (Å²) in [5.41, 5.74) is 3.47. The van der Waals surface area contributed by atoms with Gasteiger partial charge in [-0.1, -0.05) is 39.0 Å². The van der Waals surface area contributed by atoms with Gasteiger partial charge in [0.15, 0.2) is 5.78 Å². The molecule has 0 bridgehead atoms. The third-order valence-electron chi connectivity index (χ3n) is 6.39. The Kier molecular flexibility index (Phi) is 7.19. The van der Waals surface area contributed by atoms with Crippen LogP contribution < -0.4 is 0 Å². The first-order valence-electron chi connectivity index (χ1n) is 11.4. The molecule has 0 amide bonds. The highest BCUT2D eigenvalue weighted by Crippen LogP contribution is 2.40. The quantitative estimate of drug-likeness (QED) is 0.544. The number of hydrogen-bond acceptors (Lipinski definition) is 5. The molecule has 1 aliphatic carbocycles. The third kappa shape index (κ3) is 4.92. The summed E-state index contributed by atoms with van der Waals surface area (Å²) in [6.45, 7) is 10.2. The minimum atomic E-state index is -3.66. The second kappa shape index (κ2) is 9.43. The average Bonchev–Trinajstić information content (AvgIpc) is 2.98. The summed E-state index contributed by atoms with van der Waals surface area (Å²) in [5, 5.41) is 0. The highest BCUT2D eigenvalue weighted by atomic mass is 32.2. The van der Waals surface area contributed by atoms with Gasteiger partial charge in [-0.25, -0.2) is 12.7 Å². The molecule has 7 nitrogen and oxygen atoms in total. The van der Waals surface area contributed by atoms with Gasteiger partial charge in [0.25, 0.3) is 0 Å². The maximum atomic E-state index is 13.3. The van der Waals surface area contributed by atoms with E-state index >= 15 is 0 Å². The van der Waals surface area contributed by atoms with E-state index in [1.165, 1.54) is 4.31 Å². The van der Waals surface area contributed by atoms with Crippen LogP contribution in [0.25, 0.3) is 0 Å². The molecule has 2 aromatic rings. The van der Waals surface area contributed by atoms with Gasteiger partial charge in [-0.05, 0) is 42.9 Å². The maximum absolute atomic E-state index is 13.3. The number of sulfonamides is 1. The van der Waals surface area contributed by atoms with E-state index in [1.54, 1.807) is 39.1 Å². The second-order valence-corrected chi connectivity index (χ2v) is 11.4. The van der Waals surface area contributed by atoms with Crippen molar-refractivity contribution in [2.75, 3.05) is 20.2 Å². The van der Waals surface area contributed by atoms with Gasteiger partial charge in [-0.15, -0.1) is 0 Å². The van der Waals surface area contributed by atoms with Gasteiger partial charge < -0.3 is 9.30 Å². The summed E-state index contributed by atoms with van der Waals surface area (Å²) < 4.78 is 34.6. The van der Waals surface area contributed by atoms with E-state index in [2.05, 4.69) is 0 Å². The molecule has 33 heavy (non-hydrogen) atoms. The van der Waals surface area contributed by atoms with Crippen molar-refractivity contribution in [2.45, 2.75) is 65.3 Å². The molecule has 0 saturated heterocycles. The number of fused-ring (bicyclic) bond motifs is 1. The largest absolute Gasteiger partial charge is 0.465 e. The minimum Gasteiger partial charge on any atom is -0.465 e. The predicted molar refractivity (Wildman–Crippen MR) is 127 cm³/mol. The van der Waals surface area contributed by atoms with Gasteiger partial charge in [0.2, 0.25) is 10.0 Å². The summed E-state index contributed by atoms with van der Waals surface area (Å²) in [7, 11) is -2.10. The Bertz CT molecular complexity index is 1180. The van der Waals surface area contributed by atoms with Crippen LogP contribution in [-0.2, 0) is 38.9 Å². The van der Waals surface area contributed by atoms with Crippen LogP contribution in [0.4, 0.5) is 0 Å². The summed E-state index contributed by atoms with van der Waals surface area (Å²) in [5.74, 6) is -0.318. The number of hydrogen-bond donors (Lipinski definition) is 0. The molecule has 0 saturated carbocycles. The number of Topliss-reactive ketones (excluding diaryl/α,β-unsaturated/α-hetero) is 1. The van der Waals surface area contributed by atoms with Gasteiger partial charge in [0.05, 0.1) is 11.5 Å². The fraction of sp³-hybridized carbons (Fsp3) is 0.520. The zero-order chi connectivity index (χ0) is 24.6. The number of rotatable bonds is 8. The van der Waals surface area contributed by atoms with E-state index in [1.807, 2.05) is 31.4 Å². The van der Waals surface area contributed by atoms with Crippen LogP contribution in [0.2, 0.25) is 0 Å². The Morgan fingerprint density at radius 3 is 2.48 bits per heavy atom. The van der Waals surface area contributed by atoms with Crippen molar-refractivity contribution in [3.63, 3.8) is 0 Å². The molecule has 1 aromatic heterocycles. The number of aromatic nitrogens is 1. The fourth-order valence-corrected chi connectivity index (χ4v) is 6.00. The Balaban J connectivity index is 2.16. The van der Waals surface area contributed by atoms with Gasteiger partial charge in [-0.3, -0.25) is 9.59 Å². The van der Waals surface area contributed by atoms with E-state index in [-0.39, 0.29) is 35.2 Å². The van der Waals surface area contributed by atoms with Crippen LogP contribution in [0.5, 0.6) is 0 Å². The molecule has 1 aromatic carbocycles. The van der Waals surface area contributed by atoms with Gasteiger partial charge in [0.1, 0.15) is 6.54 Å². The van der Waals surface area contributed by atoms with E-state index < -0.39 is 10.0 Å². The molecule has 0 radical (unpaired) electrons. The summed E-state index contributed by atoms with van der Waals surface area (Å²) >= 11 is 0. The van der Waals surface area contributed by atoms with Crippen molar-refractivity contribution in [1.82, 2.24) is 8.87 Å². The lowest BCUT2D eigenvalue weighted by Gasteiger charge is -2.30. The molecular formula is C25H34N2O5S. The number of ketones is 1. The first-order chi connectivity index (χ1) is 15.4. The zero-order valence-electron chi connectivity index (χ0n) is 20.4. The van der Waals surface area contributed by atoms with Crippen LogP contribution in [0.3, 0.4) is 0 Å². The van der Waals surface area contributed by atoms with Crippen LogP contribution in [-0.4, -0.2) is 49.2 Å². The number of carbonyl (C=O) groups excluding carboxylic acids is 2. The van der Waals surface area contributed by atoms with E-state index in [4.69, 9.17) is 4.74 Å². The van der Waals surface area contributed by atoms with Crippen LogP contribution >= 0.6 is 0 Å². The molecule has 0 aliphatic heterocycles. The standard InChI is InChI=1S/C25H34N2O5S/c1-7-26(6)33(30,31)22-12-10-9-11-18(22)13-19-17(3)27(16-23(29)32-8-2)20-14-25(4,5)15-21(28)24(19)20/h9-12H,7-8,13-16H2,1-6H3. The molecule has 0 unspecified atom stereocenters. The highest BCUT2D eigenvalue weighted by molar-refractivity contribution is 7.89. The number of esters is 1. The van der Waals surface area contributed by atoms with E-state index in [9.17, 15) is 18.0 Å². The topological polar surface area (TPSA) is 85.7 Å². The Morgan fingerprint density at radius 2 is 1.85 bits per heavy atom. The van der Waals surface area contributed by atoms with Crippen LogP contribution in [0.15, 0.2) is 29.2 Å². The van der Waals surface area contributed by atoms with Crippen molar-refractivity contribution >= 4 is 21.8 Å². The normalized spacial score (nSPS) is 15.5. The number of nitrogens with zero attached hydrogens (tertiary/aromatic N) is 2. The molecule has 0 N–H and O–H groups in total. The zero-order valence-corrected chi connectivity index (χ0v) is 21.2. The molecular weight excluding hydrogens is 440 g/mol. The molecule has 8 heteroatoms. The van der Waals surface area contributed by atoms with Gasteiger partial charge >= 0.3 is 5.97 Å². The third-order valence-corrected chi connectivity index (χ3v) is 8.42. The number of carbonyl (C=O) groups is 2. The Morgan fingerprint density at radius 1 is 1.18 bits per heavy atom. The molecule has 1 heterocycles. The Labute approximate surface area is 196 Å². The molecule has 0 spiro atoms. The first kappa shape index (κ1) is 25.2. The highest BCUT2D eigenvalue weighted by Gasteiger charge is 2.37. The molecule has 0 atom stereocenters. The van der Waals surface area contributed by atoms with E-state index in [0.717, 1.165) is 17.0 Å². The summed E-state index contributed by atoms with van der Waals surface area (Å²) in [6.07, 6.45) is 1.37. The smallest absolute Gasteiger partial charge is 0.325 e. The van der Waals surface area contributed by atoms with Crippen molar-refractivity contribution in [2.24, 2.45) is 5.41 Å².